The maximum absolute atomic E-state index is 12.2. The van der Waals surface area contributed by atoms with Crippen molar-refractivity contribution in [2.24, 2.45) is 11.7 Å². The van der Waals surface area contributed by atoms with Crippen molar-refractivity contribution in [3.8, 4) is 0 Å². The summed E-state index contributed by atoms with van der Waals surface area (Å²) in [4.78, 5) is 14.3. The van der Waals surface area contributed by atoms with Crippen LogP contribution in [0.25, 0.3) is 0 Å². The molecule has 2 heterocycles. The molecule has 2 aliphatic rings. The van der Waals surface area contributed by atoms with Crippen molar-refractivity contribution in [3.63, 3.8) is 0 Å². The number of amides is 1. The topological polar surface area (TPSA) is 46.3 Å². The number of nitrogens with two attached hydrogens (primary N) is 1. The lowest BCUT2D eigenvalue weighted by molar-refractivity contribution is -0.132. The molecule has 0 saturated carbocycles. The van der Waals surface area contributed by atoms with Gasteiger partial charge in [-0.3, -0.25) is 4.79 Å². The first kappa shape index (κ1) is 12.2. The third kappa shape index (κ3) is 2.54. The van der Waals surface area contributed by atoms with Gasteiger partial charge in [0, 0.05) is 19.1 Å². The molecule has 92 valence electrons. The molecule has 0 radical (unpaired) electrons. The molecule has 3 unspecified atom stereocenters. The van der Waals surface area contributed by atoms with Gasteiger partial charge < -0.3 is 10.6 Å². The first-order valence-electron chi connectivity index (χ1n) is 6.38. The Morgan fingerprint density at radius 3 is 2.94 bits per heavy atom. The quantitative estimate of drug-likeness (QED) is 0.797. The van der Waals surface area contributed by atoms with Crippen LogP contribution >= 0.6 is 11.8 Å². The average Bonchev–Trinajstić information content (AvgIpc) is 2.82. The van der Waals surface area contributed by atoms with E-state index in [1.807, 2.05) is 11.8 Å². The van der Waals surface area contributed by atoms with Crippen LogP contribution < -0.4 is 5.73 Å². The Balaban J connectivity index is 1.91. The minimum Gasteiger partial charge on any atom is -0.341 e. The number of carbonyl (C=O) groups is 1. The van der Waals surface area contributed by atoms with Crippen molar-refractivity contribution in [3.05, 3.63) is 0 Å². The largest absolute Gasteiger partial charge is 0.341 e. The van der Waals surface area contributed by atoms with Gasteiger partial charge in [-0.25, -0.2) is 0 Å². The highest BCUT2D eigenvalue weighted by atomic mass is 32.2. The maximum Gasteiger partial charge on any atom is 0.235 e. The summed E-state index contributed by atoms with van der Waals surface area (Å²) in [5.41, 5.74) is 6.06. The Kier molecular flexibility index (Phi) is 4.14. The molecule has 0 spiro atoms. The molecule has 3 nitrogen and oxygen atoms in total. The summed E-state index contributed by atoms with van der Waals surface area (Å²) in [5.74, 6) is 2.03. The number of rotatable bonds is 2. The highest BCUT2D eigenvalue weighted by molar-refractivity contribution is 8.00. The summed E-state index contributed by atoms with van der Waals surface area (Å²) in [6, 6.07) is 0.297. The molecule has 0 aromatic carbocycles. The Hall–Kier alpha value is -0.220. The standard InChI is InChI=1S/C12H22N2OS/c1-2-9-8-14(6-5-10(9)13)12(15)11-4-3-7-16-11/h9-11H,2-8,13H2,1H3. The van der Waals surface area contributed by atoms with Crippen LogP contribution in [-0.2, 0) is 4.79 Å². The summed E-state index contributed by atoms with van der Waals surface area (Å²) in [6.07, 6.45) is 4.33. The molecule has 0 aromatic heterocycles. The van der Waals surface area contributed by atoms with Crippen LogP contribution in [0.15, 0.2) is 0 Å². The fourth-order valence-electron chi connectivity index (χ4n) is 2.66. The predicted octanol–water partition coefficient (Wildman–Crippen LogP) is 1.47. The molecular formula is C12H22N2OS. The van der Waals surface area contributed by atoms with Crippen molar-refractivity contribution >= 4 is 17.7 Å². The van der Waals surface area contributed by atoms with Crippen molar-refractivity contribution < 1.29 is 4.79 Å². The van der Waals surface area contributed by atoms with Gasteiger partial charge in [-0.15, -0.1) is 11.8 Å². The molecule has 2 saturated heterocycles. The summed E-state index contributed by atoms with van der Waals surface area (Å²) in [6.45, 7) is 3.92. The molecule has 16 heavy (non-hydrogen) atoms. The molecule has 2 aliphatic heterocycles. The Morgan fingerprint density at radius 1 is 1.50 bits per heavy atom. The molecule has 0 bridgehead atoms. The Morgan fingerprint density at radius 2 is 2.31 bits per heavy atom. The lowest BCUT2D eigenvalue weighted by Crippen LogP contribution is -2.50. The van der Waals surface area contributed by atoms with E-state index >= 15 is 0 Å². The first-order chi connectivity index (χ1) is 7.72. The summed E-state index contributed by atoms with van der Waals surface area (Å²) < 4.78 is 0. The molecule has 0 aromatic rings. The Bertz CT molecular complexity index is 253. The normalized spacial score (nSPS) is 35.4. The molecule has 2 N–H and O–H groups in total. The van der Waals surface area contributed by atoms with Gasteiger partial charge in [-0.05, 0) is 30.9 Å². The van der Waals surface area contributed by atoms with E-state index in [0.717, 1.165) is 38.1 Å². The van der Waals surface area contributed by atoms with Crippen molar-refractivity contribution in [1.29, 1.82) is 0 Å². The van der Waals surface area contributed by atoms with Crippen LogP contribution in [0, 0.1) is 5.92 Å². The number of piperidine rings is 1. The van der Waals surface area contributed by atoms with E-state index in [1.165, 1.54) is 6.42 Å². The van der Waals surface area contributed by atoms with Crippen LogP contribution in [-0.4, -0.2) is 40.9 Å². The lowest BCUT2D eigenvalue weighted by atomic mass is 9.90. The van der Waals surface area contributed by atoms with Crippen LogP contribution in [0.2, 0.25) is 0 Å². The number of likely N-dealkylation sites (tertiary alicyclic amines) is 1. The first-order valence-corrected chi connectivity index (χ1v) is 7.43. The second-order valence-corrected chi connectivity index (χ2v) is 6.22. The van der Waals surface area contributed by atoms with Crippen molar-refractivity contribution in [2.75, 3.05) is 18.8 Å². The molecule has 0 aliphatic carbocycles. The van der Waals surface area contributed by atoms with Crippen LogP contribution in [0.1, 0.15) is 32.6 Å². The van der Waals surface area contributed by atoms with Gasteiger partial charge in [0.15, 0.2) is 0 Å². The second kappa shape index (κ2) is 5.41. The zero-order valence-corrected chi connectivity index (χ0v) is 10.8. The van der Waals surface area contributed by atoms with Crippen molar-refractivity contribution in [2.45, 2.75) is 43.9 Å². The molecule has 3 atom stereocenters. The number of carbonyl (C=O) groups excluding carboxylic acids is 1. The third-order valence-electron chi connectivity index (χ3n) is 3.83. The van der Waals surface area contributed by atoms with Crippen LogP contribution in [0.3, 0.4) is 0 Å². The smallest absolute Gasteiger partial charge is 0.235 e. The second-order valence-electron chi connectivity index (χ2n) is 4.91. The molecule has 1 amide bonds. The van der Waals surface area contributed by atoms with E-state index in [0.29, 0.717) is 17.9 Å². The number of hydrogen-bond donors (Lipinski definition) is 1. The lowest BCUT2D eigenvalue weighted by Gasteiger charge is -2.37. The monoisotopic (exact) mass is 242 g/mol. The van der Waals surface area contributed by atoms with Gasteiger partial charge in [0.2, 0.25) is 5.91 Å². The molecular weight excluding hydrogens is 220 g/mol. The predicted molar refractivity (Wildman–Crippen MR) is 68.4 cm³/mol. The fourth-order valence-corrected chi connectivity index (χ4v) is 3.90. The zero-order valence-electron chi connectivity index (χ0n) is 10.0. The van der Waals surface area contributed by atoms with Crippen LogP contribution in [0.5, 0.6) is 0 Å². The van der Waals surface area contributed by atoms with E-state index in [2.05, 4.69) is 11.8 Å². The average molecular weight is 242 g/mol. The highest BCUT2D eigenvalue weighted by Crippen LogP contribution is 2.29. The van der Waals surface area contributed by atoms with E-state index in [4.69, 9.17) is 5.73 Å². The number of nitrogens with zero attached hydrogens (tertiary/aromatic N) is 1. The molecule has 2 rings (SSSR count). The van der Waals surface area contributed by atoms with Gasteiger partial charge in [-0.2, -0.15) is 0 Å². The van der Waals surface area contributed by atoms with Gasteiger partial charge in [0.25, 0.3) is 0 Å². The van der Waals surface area contributed by atoms with Crippen molar-refractivity contribution in [1.82, 2.24) is 4.90 Å². The Labute approximate surface area is 102 Å². The summed E-state index contributed by atoms with van der Waals surface area (Å²) in [5, 5.41) is 0.242. The number of thioether (sulfide) groups is 1. The van der Waals surface area contributed by atoms with Gasteiger partial charge >= 0.3 is 0 Å². The van der Waals surface area contributed by atoms with E-state index in [9.17, 15) is 4.79 Å². The summed E-state index contributed by atoms with van der Waals surface area (Å²) >= 11 is 1.83. The summed E-state index contributed by atoms with van der Waals surface area (Å²) in [7, 11) is 0. The molecule has 4 heteroatoms. The van der Waals surface area contributed by atoms with Gasteiger partial charge in [-0.1, -0.05) is 13.3 Å². The van der Waals surface area contributed by atoms with Gasteiger partial charge in [0.05, 0.1) is 5.25 Å². The SMILES string of the molecule is CCC1CN(C(=O)C2CCCS2)CCC1N. The van der Waals surface area contributed by atoms with Gasteiger partial charge in [0.1, 0.15) is 0 Å². The maximum atomic E-state index is 12.2. The highest BCUT2D eigenvalue weighted by Gasteiger charge is 2.33. The van der Waals surface area contributed by atoms with E-state index in [1.54, 1.807) is 0 Å². The minimum atomic E-state index is 0.242. The zero-order chi connectivity index (χ0) is 11.5. The van der Waals surface area contributed by atoms with E-state index in [-0.39, 0.29) is 5.25 Å². The molecule has 2 fully saturated rings. The minimum absolute atomic E-state index is 0.242. The number of hydrogen-bond acceptors (Lipinski definition) is 3. The fraction of sp³-hybridized carbons (Fsp3) is 0.917. The third-order valence-corrected chi connectivity index (χ3v) is 5.20. The van der Waals surface area contributed by atoms with E-state index < -0.39 is 0 Å². The van der Waals surface area contributed by atoms with Crippen LogP contribution in [0.4, 0.5) is 0 Å².